The number of hydrogen-bond acceptors (Lipinski definition) is 8. The molecule has 49 heavy (non-hydrogen) atoms. The summed E-state index contributed by atoms with van der Waals surface area (Å²) in [5.41, 5.74) is 2.94. The molecule has 0 aliphatic heterocycles. The van der Waals surface area contributed by atoms with Crippen molar-refractivity contribution < 1.29 is 34.8 Å². The van der Waals surface area contributed by atoms with E-state index in [4.69, 9.17) is 8.37 Å². The Kier molecular flexibility index (Phi) is 10.2. The van der Waals surface area contributed by atoms with Gasteiger partial charge in [-0.15, -0.1) is 0 Å². The third kappa shape index (κ3) is 8.74. The van der Waals surface area contributed by atoms with Crippen LogP contribution in [0.25, 0.3) is 0 Å². The average Bonchev–Trinajstić information content (AvgIpc) is 3.03. The zero-order valence-corrected chi connectivity index (χ0v) is 28.2. The normalized spacial score (nSPS) is 11.2. The molecule has 252 valence electrons. The summed E-state index contributed by atoms with van der Waals surface area (Å²) in [7, 11) is -8.20. The Morgan fingerprint density at radius 1 is 0.490 bits per heavy atom. The van der Waals surface area contributed by atoms with Gasteiger partial charge in [0.05, 0.1) is 0 Å². The first-order valence-electron chi connectivity index (χ1n) is 14.8. The zero-order valence-electron chi connectivity index (χ0n) is 26.6. The lowest BCUT2D eigenvalue weighted by molar-refractivity contribution is 0.261. The van der Waals surface area contributed by atoms with Crippen LogP contribution in [0.1, 0.15) is 16.7 Å². The number of amides is 4. The molecule has 0 spiro atoms. The van der Waals surface area contributed by atoms with Gasteiger partial charge >= 0.3 is 32.3 Å². The largest absolute Gasteiger partial charge is 0.379 e. The van der Waals surface area contributed by atoms with Crippen LogP contribution in [-0.4, -0.2) is 28.9 Å². The van der Waals surface area contributed by atoms with E-state index in [0.717, 1.165) is 0 Å². The van der Waals surface area contributed by atoms with Gasteiger partial charge in [-0.2, -0.15) is 16.8 Å². The second kappa shape index (κ2) is 14.5. The topological polar surface area (TPSA) is 169 Å². The maximum absolute atomic E-state index is 12.9. The molecule has 0 unspecified atom stereocenters. The summed E-state index contributed by atoms with van der Waals surface area (Å²) < 4.78 is 61.7. The van der Waals surface area contributed by atoms with Crippen LogP contribution in [0.15, 0.2) is 125 Å². The molecular weight excluding hydrogens is 669 g/mol. The first-order valence-corrected chi connectivity index (χ1v) is 17.6. The van der Waals surface area contributed by atoms with E-state index in [1.165, 1.54) is 48.5 Å². The summed E-state index contributed by atoms with van der Waals surface area (Å²) in [6, 6.07) is 28.4. The highest BCUT2D eigenvalue weighted by atomic mass is 32.2. The summed E-state index contributed by atoms with van der Waals surface area (Å²) in [6.45, 7) is 5.02. The van der Waals surface area contributed by atoms with Crippen LogP contribution in [0.2, 0.25) is 0 Å². The number of anilines is 4. The number of rotatable bonds is 10. The smallest absolute Gasteiger partial charge is 0.339 e. The minimum absolute atomic E-state index is 0.0134. The Hall–Kier alpha value is -5.86. The zero-order chi connectivity index (χ0) is 35.2. The van der Waals surface area contributed by atoms with Gasteiger partial charge in [0, 0.05) is 34.9 Å². The lowest BCUT2D eigenvalue weighted by Gasteiger charge is -2.15. The fraction of sp³-hybridized carbons (Fsp3) is 0.0857. The van der Waals surface area contributed by atoms with E-state index in [2.05, 4.69) is 21.3 Å². The van der Waals surface area contributed by atoms with E-state index in [1.54, 1.807) is 87.5 Å². The van der Waals surface area contributed by atoms with Gasteiger partial charge in [-0.25, -0.2) is 9.59 Å². The molecule has 5 aromatic carbocycles. The molecule has 12 nitrogen and oxygen atoms in total. The minimum atomic E-state index is -4.10. The monoisotopic (exact) mass is 700 g/mol. The van der Waals surface area contributed by atoms with Crippen LogP contribution < -0.4 is 29.6 Å². The Morgan fingerprint density at radius 2 is 0.878 bits per heavy atom. The Morgan fingerprint density at radius 3 is 1.29 bits per heavy atom. The first kappa shape index (κ1) is 34.5. The quantitative estimate of drug-likeness (QED) is 0.109. The molecule has 0 aliphatic rings. The summed E-state index contributed by atoms with van der Waals surface area (Å²) in [4.78, 5) is 25.8. The van der Waals surface area contributed by atoms with Crippen molar-refractivity contribution in [2.75, 3.05) is 21.3 Å². The number of carbonyl (C=O) groups is 2. The molecule has 5 aromatic rings. The lowest BCUT2D eigenvalue weighted by atomic mass is 10.1. The average molecular weight is 701 g/mol. The van der Waals surface area contributed by atoms with E-state index < -0.39 is 32.3 Å². The summed E-state index contributed by atoms with van der Waals surface area (Å²) >= 11 is 0. The molecule has 4 N–H and O–H groups in total. The molecule has 0 heterocycles. The van der Waals surface area contributed by atoms with Gasteiger partial charge in [0.15, 0.2) is 0 Å². The molecule has 4 amide bonds. The number of urea groups is 2. The summed E-state index contributed by atoms with van der Waals surface area (Å²) in [5, 5.41) is 10.7. The number of benzene rings is 5. The van der Waals surface area contributed by atoms with Crippen molar-refractivity contribution in [2.24, 2.45) is 0 Å². The number of hydrogen-bond donors (Lipinski definition) is 4. The maximum Gasteiger partial charge on any atom is 0.339 e. The van der Waals surface area contributed by atoms with Crippen LogP contribution in [0.4, 0.5) is 32.3 Å². The SMILES string of the molecule is Cc1ccccc1S(=O)(=O)Oc1cccc(NC(=O)Nc2cccc(NC(=O)Nc3cccc(OS(=O)(=O)c4ccccc4C)c3)c2C)c1. The van der Waals surface area contributed by atoms with Crippen LogP contribution in [0, 0.1) is 20.8 Å². The number of nitrogens with one attached hydrogen (secondary N) is 4. The third-order valence-corrected chi connectivity index (χ3v) is 9.97. The van der Waals surface area contributed by atoms with Gasteiger partial charge in [-0.1, -0.05) is 54.6 Å². The molecule has 0 fully saturated rings. The first-order chi connectivity index (χ1) is 23.3. The van der Waals surface area contributed by atoms with Gasteiger partial charge in [0.25, 0.3) is 0 Å². The molecular formula is C35H32N4O8S2. The Bertz CT molecular complexity index is 2100. The second-order valence-corrected chi connectivity index (χ2v) is 13.8. The molecule has 0 bridgehead atoms. The van der Waals surface area contributed by atoms with Crippen molar-refractivity contribution in [2.45, 2.75) is 30.6 Å². The highest BCUT2D eigenvalue weighted by Gasteiger charge is 2.20. The van der Waals surface area contributed by atoms with Crippen molar-refractivity contribution in [1.29, 1.82) is 0 Å². The van der Waals surface area contributed by atoms with Crippen LogP contribution in [0.3, 0.4) is 0 Å². The van der Waals surface area contributed by atoms with Crippen molar-refractivity contribution in [3.8, 4) is 11.5 Å². The molecule has 0 atom stereocenters. The van der Waals surface area contributed by atoms with Crippen LogP contribution >= 0.6 is 0 Å². The number of aryl methyl sites for hydroxylation is 2. The van der Waals surface area contributed by atoms with Crippen molar-refractivity contribution in [3.63, 3.8) is 0 Å². The fourth-order valence-corrected chi connectivity index (χ4v) is 7.05. The predicted octanol–water partition coefficient (Wildman–Crippen LogP) is 7.44. The fourth-order valence-electron chi connectivity index (χ4n) is 4.74. The molecule has 0 saturated heterocycles. The summed E-state index contributed by atoms with van der Waals surface area (Å²) in [5.74, 6) is 0.0268. The van der Waals surface area contributed by atoms with Crippen molar-refractivity contribution >= 4 is 55.0 Å². The van der Waals surface area contributed by atoms with Gasteiger partial charge in [0.2, 0.25) is 0 Å². The van der Waals surface area contributed by atoms with Gasteiger partial charge in [-0.05, 0) is 86.0 Å². The standard InChI is InChI=1S/C35H32N4O8S2/c1-23-11-4-6-19-32(23)48(42,43)46-28-15-8-13-26(21-28)36-34(40)38-30-17-10-18-31(25(30)3)39-35(41)37-27-14-9-16-29(22-27)47-49(44,45)33-20-7-5-12-24(33)2/h4-22H,1-3H3,(H2,36,38,40)(H2,37,39,41). The Labute approximate surface area is 284 Å². The van der Waals surface area contributed by atoms with Gasteiger partial charge in [-0.3, -0.25) is 0 Å². The molecule has 0 aliphatic carbocycles. The van der Waals surface area contributed by atoms with E-state index in [-0.39, 0.29) is 32.7 Å². The van der Waals surface area contributed by atoms with Gasteiger partial charge < -0.3 is 29.6 Å². The molecule has 0 saturated carbocycles. The van der Waals surface area contributed by atoms with Crippen LogP contribution in [-0.2, 0) is 20.2 Å². The van der Waals surface area contributed by atoms with Crippen molar-refractivity contribution in [3.05, 3.63) is 132 Å². The third-order valence-electron chi connectivity index (χ3n) is 7.15. The van der Waals surface area contributed by atoms with Crippen molar-refractivity contribution in [1.82, 2.24) is 0 Å². The summed E-state index contributed by atoms with van der Waals surface area (Å²) in [6.07, 6.45) is 0. The van der Waals surface area contributed by atoms with E-state index in [1.807, 2.05) is 0 Å². The molecule has 0 aromatic heterocycles. The predicted molar refractivity (Wildman–Crippen MR) is 187 cm³/mol. The number of carbonyl (C=O) groups excluding carboxylic acids is 2. The van der Waals surface area contributed by atoms with E-state index in [0.29, 0.717) is 28.1 Å². The van der Waals surface area contributed by atoms with Crippen LogP contribution in [0.5, 0.6) is 11.5 Å². The maximum atomic E-state index is 12.9. The molecule has 5 rings (SSSR count). The Balaban J connectivity index is 1.20. The van der Waals surface area contributed by atoms with E-state index in [9.17, 15) is 26.4 Å². The lowest BCUT2D eigenvalue weighted by Crippen LogP contribution is -2.22. The highest BCUT2D eigenvalue weighted by molar-refractivity contribution is 7.87. The molecule has 0 radical (unpaired) electrons. The van der Waals surface area contributed by atoms with Gasteiger partial charge in [0.1, 0.15) is 21.3 Å². The van der Waals surface area contributed by atoms with E-state index >= 15 is 0 Å². The highest BCUT2D eigenvalue weighted by Crippen LogP contribution is 2.27. The molecule has 14 heteroatoms. The second-order valence-electron chi connectivity index (χ2n) is 10.8. The minimum Gasteiger partial charge on any atom is -0.379 e.